The molecule has 0 radical (unpaired) electrons. The van der Waals surface area contributed by atoms with Gasteiger partial charge < -0.3 is 0 Å². The van der Waals surface area contributed by atoms with Gasteiger partial charge >= 0.3 is 0 Å². The monoisotopic (exact) mass is 258 g/mol. The van der Waals surface area contributed by atoms with Gasteiger partial charge in [-0.25, -0.2) is 0 Å². The Hall–Kier alpha value is 0.220. The van der Waals surface area contributed by atoms with Crippen molar-refractivity contribution in [2.75, 3.05) is 0 Å². The first-order chi connectivity index (χ1) is 6.83. The second-order valence-corrected chi connectivity index (χ2v) is 5.85. The van der Waals surface area contributed by atoms with Gasteiger partial charge in [0.15, 0.2) is 0 Å². The molecule has 0 nitrogen and oxygen atoms in total. The lowest BCUT2D eigenvalue weighted by Gasteiger charge is -2.25. The number of hydrogen-bond acceptors (Lipinski definition) is 0. The van der Waals surface area contributed by atoms with Crippen molar-refractivity contribution in [1.82, 2.24) is 0 Å². The SMILES string of the molecule is C=CCCCCCC1CCCC(Br)C1. The Kier molecular flexibility index (Phi) is 6.59. The van der Waals surface area contributed by atoms with Gasteiger partial charge in [0.1, 0.15) is 0 Å². The van der Waals surface area contributed by atoms with Crippen LogP contribution in [-0.2, 0) is 0 Å². The van der Waals surface area contributed by atoms with Crippen LogP contribution in [-0.4, -0.2) is 4.83 Å². The van der Waals surface area contributed by atoms with Gasteiger partial charge in [0.2, 0.25) is 0 Å². The Morgan fingerprint density at radius 2 is 2.07 bits per heavy atom. The van der Waals surface area contributed by atoms with Crippen molar-refractivity contribution in [2.45, 2.75) is 62.6 Å². The average Bonchev–Trinajstić information content (AvgIpc) is 2.18. The van der Waals surface area contributed by atoms with Crippen LogP contribution >= 0.6 is 15.9 Å². The summed E-state index contributed by atoms with van der Waals surface area (Å²) < 4.78 is 0. The Morgan fingerprint density at radius 1 is 1.21 bits per heavy atom. The van der Waals surface area contributed by atoms with Gasteiger partial charge in [0, 0.05) is 4.83 Å². The van der Waals surface area contributed by atoms with Crippen molar-refractivity contribution < 1.29 is 0 Å². The largest absolute Gasteiger partial charge is 0.103 e. The van der Waals surface area contributed by atoms with Crippen LogP contribution in [0, 0.1) is 5.92 Å². The molecule has 0 amide bonds. The van der Waals surface area contributed by atoms with E-state index < -0.39 is 0 Å². The van der Waals surface area contributed by atoms with Crippen LogP contribution in [0.25, 0.3) is 0 Å². The van der Waals surface area contributed by atoms with Crippen LogP contribution in [0.2, 0.25) is 0 Å². The first-order valence-corrected chi connectivity index (χ1v) is 6.99. The molecule has 1 heteroatoms. The Morgan fingerprint density at radius 3 is 2.79 bits per heavy atom. The molecule has 0 aliphatic heterocycles. The lowest BCUT2D eigenvalue weighted by Crippen LogP contribution is -2.14. The van der Waals surface area contributed by atoms with Crippen LogP contribution in [0.3, 0.4) is 0 Å². The average molecular weight is 259 g/mol. The lowest BCUT2D eigenvalue weighted by atomic mass is 9.85. The molecule has 1 aliphatic carbocycles. The van der Waals surface area contributed by atoms with Crippen molar-refractivity contribution in [3.63, 3.8) is 0 Å². The number of hydrogen-bond donors (Lipinski definition) is 0. The molecule has 82 valence electrons. The fraction of sp³-hybridized carbons (Fsp3) is 0.846. The normalized spacial score (nSPS) is 27.5. The van der Waals surface area contributed by atoms with Crippen LogP contribution in [0.15, 0.2) is 12.7 Å². The summed E-state index contributed by atoms with van der Waals surface area (Å²) in [6, 6.07) is 0. The van der Waals surface area contributed by atoms with Gasteiger partial charge in [-0.15, -0.1) is 6.58 Å². The third kappa shape index (κ3) is 5.19. The molecular formula is C13H23Br. The maximum Gasteiger partial charge on any atom is 0.0148 e. The number of unbranched alkanes of at least 4 members (excludes halogenated alkanes) is 3. The van der Waals surface area contributed by atoms with E-state index in [0.29, 0.717) is 0 Å². The van der Waals surface area contributed by atoms with Gasteiger partial charge in [0.05, 0.1) is 0 Å². The number of rotatable bonds is 6. The van der Waals surface area contributed by atoms with E-state index in [0.717, 1.165) is 10.7 Å². The minimum Gasteiger partial charge on any atom is -0.103 e. The zero-order valence-corrected chi connectivity index (χ0v) is 10.8. The molecule has 1 aliphatic rings. The number of allylic oxidation sites excluding steroid dienone is 1. The van der Waals surface area contributed by atoms with Gasteiger partial charge in [-0.05, 0) is 31.6 Å². The van der Waals surface area contributed by atoms with Crippen molar-refractivity contribution in [1.29, 1.82) is 0 Å². The summed E-state index contributed by atoms with van der Waals surface area (Å²) in [6.07, 6.45) is 14.6. The molecule has 1 fully saturated rings. The first kappa shape index (κ1) is 12.3. The summed E-state index contributed by atoms with van der Waals surface area (Å²) in [7, 11) is 0. The summed E-state index contributed by atoms with van der Waals surface area (Å²) in [6.45, 7) is 3.75. The third-order valence-corrected chi connectivity index (χ3v) is 4.07. The minimum absolute atomic E-state index is 0.814. The highest BCUT2D eigenvalue weighted by molar-refractivity contribution is 9.09. The van der Waals surface area contributed by atoms with Crippen molar-refractivity contribution in [3.05, 3.63) is 12.7 Å². The molecule has 0 aromatic heterocycles. The molecule has 0 aromatic carbocycles. The Labute approximate surface area is 97.3 Å². The van der Waals surface area contributed by atoms with Gasteiger partial charge in [-0.3, -0.25) is 0 Å². The molecule has 0 heterocycles. The number of halogens is 1. The highest BCUT2D eigenvalue weighted by Crippen LogP contribution is 2.32. The molecule has 0 bridgehead atoms. The van der Waals surface area contributed by atoms with E-state index in [4.69, 9.17) is 0 Å². The maximum absolute atomic E-state index is 3.75. The number of alkyl halides is 1. The lowest BCUT2D eigenvalue weighted by molar-refractivity contribution is 0.338. The zero-order chi connectivity index (χ0) is 10.2. The second-order valence-electron chi connectivity index (χ2n) is 4.56. The molecular weight excluding hydrogens is 236 g/mol. The highest BCUT2D eigenvalue weighted by atomic mass is 79.9. The van der Waals surface area contributed by atoms with E-state index in [1.165, 1.54) is 57.8 Å². The van der Waals surface area contributed by atoms with E-state index in [9.17, 15) is 0 Å². The molecule has 1 rings (SSSR count). The van der Waals surface area contributed by atoms with Crippen molar-refractivity contribution in [3.8, 4) is 0 Å². The molecule has 0 aromatic rings. The fourth-order valence-electron chi connectivity index (χ4n) is 2.39. The molecule has 0 saturated heterocycles. The quantitative estimate of drug-likeness (QED) is 0.354. The molecule has 2 atom stereocenters. The summed E-state index contributed by atoms with van der Waals surface area (Å²) in [5.41, 5.74) is 0. The minimum atomic E-state index is 0.814. The first-order valence-electron chi connectivity index (χ1n) is 6.08. The van der Waals surface area contributed by atoms with Gasteiger partial charge in [0.25, 0.3) is 0 Å². The molecule has 2 unspecified atom stereocenters. The van der Waals surface area contributed by atoms with Gasteiger partial charge in [-0.2, -0.15) is 0 Å². The fourth-order valence-corrected chi connectivity index (χ4v) is 3.24. The van der Waals surface area contributed by atoms with Crippen molar-refractivity contribution in [2.24, 2.45) is 5.92 Å². The van der Waals surface area contributed by atoms with E-state index in [-0.39, 0.29) is 0 Å². The maximum atomic E-state index is 3.75. The third-order valence-electron chi connectivity index (χ3n) is 3.24. The van der Waals surface area contributed by atoms with E-state index in [1.54, 1.807) is 0 Å². The standard InChI is InChI=1S/C13H23Br/c1-2-3-4-5-6-8-12-9-7-10-13(14)11-12/h2,12-13H,1,3-11H2. The van der Waals surface area contributed by atoms with Crippen LogP contribution in [0.4, 0.5) is 0 Å². The van der Waals surface area contributed by atoms with Crippen molar-refractivity contribution >= 4 is 15.9 Å². The smallest absolute Gasteiger partial charge is 0.0148 e. The second kappa shape index (κ2) is 7.50. The van der Waals surface area contributed by atoms with E-state index in [1.807, 2.05) is 6.08 Å². The van der Waals surface area contributed by atoms with E-state index >= 15 is 0 Å². The summed E-state index contributed by atoms with van der Waals surface area (Å²) in [4.78, 5) is 0.814. The Bertz CT molecular complexity index is 153. The van der Waals surface area contributed by atoms with Crippen LogP contribution < -0.4 is 0 Å². The van der Waals surface area contributed by atoms with E-state index in [2.05, 4.69) is 22.5 Å². The summed E-state index contributed by atoms with van der Waals surface area (Å²) >= 11 is 3.75. The summed E-state index contributed by atoms with van der Waals surface area (Å²) in [5, 5.41) is 0. The van der Waals surface area contributed by atoms with Gasteiger partial charge in [-0.1, -0.05) is 54.1 Å². The predicted molar refractivity (Wildman–Crippen MR) is 68.0 cm³/mol. The highest BCUT2D eigenvalue weighted by Gasteiger charge is 2.18. The molecule has 14 heavy (non-hydrogen) atoms. The predicted octanol–water partition coefficient (Wildman–Crippen LogP) is 5.08. The molecule has 0 N–H and O–H groups in total. The summed E-state index contributed by atoms with van der Waals surface area (Å²) in [5.74, 6) is 1.01. The van der Waals surface area contributed by atoms with Crippen LogP contribution in [0.1, 0.15) is 57.8 Å². The topological polar surface area (TPSA) is 0 Å². The zero-order valence-electron chi connectivity index (χ0n) is 9.18. The molecule has 0 spiro atoms. The molecule has 1 saturated carbocycles. The van der Waals surface area contributed by atoms with Crippen LogP contribution in [0.5, 0.6) is 0 Å². The Balaban J connectivity index is 1.97.